The topological polar surface area (TPSA) is 62.3 Å². The van der Waals surface area contributed by atoms with Crippen molar-refractivity contribution in [2.24, 2.45) is 0 Å². The molecule has 0 spiro atoms. The third-order valence-electron chi connectivity index (χ3n) is 3.94. The second-order valence-corrected chi connectivity index (χ2v) is 7.25. The molecule has 1 N–H and O–H groups in total. The molecular formula is C16H19N3O2S. The van der Waals surface area contributed by atoms with E-state index in [0.717, 1.165) is 11.1 Å². The Morgan fingerprint density at radius 2 is 2.05 bits per heavy atom. The molecule has 1 fully saturated rings. The molecule has 2 heterocycles. The summed E-state index contributed by atoms with van der Waals surface area (Å²) in [5.41, 5.74) is 1.68. The third kappa shape index (κ3) is 2.77. The van der Waals surface area contributed by atoms with E-state index < -0.39 is 10.0 Å². The van der Waals surface area contributed by atoms with Crippen LogP contribution in [0.4, 0.5) is 0 Å². The maximum atomic E-state index is 13.1. The molecule has 1 aliphatic heterocycles. The van der Waals surface area contributed by atoms with Crippen LogP contribution in [0.15, 0.2) is 53.7 Å². The largest absolute Gasteiger partial charge is 0.313 e. The van der Waals surface area contributed by atoms with Gasteiger partial charge in [0.2, 0.25) is 10.0 Å². The number of benzene rings is 1. The summed E-state index contributed by atoms with van der Waals surface area (Å²) in [5.74, 6) is 0. The van der Waals surface area contributed by atoms with E-state index in [9.17, 15) is 8.42 Å². The molecule has 116 valence electrons. The molecule has 0 radical (unpaired) electrons. The first kappa shape index (κ1) is 15.1. The van der Waals surface area contributed by atoms with Crippen LogP contribution in [0.2, 0.25) is 0 Å². The number of nitrogens with one attached hydrogen (secondary N) is 1. The van der Waals surface area contributed by atoms with Crippen molar-refractivity contribution in [3.8, 4) is 0 Å². The second-order valence-electron chi connectivity index (χ2n) is 5.39. The van der Waals surface area contributed by atoms with Crippen LogP contribution >= 0.6 is 0 Å². The molecule has 6 heteroatoms. The van der Waals surface area contributed by atoms with Gasteiger partial charge in [-0.05, 0) is 30.2 Å². The van der Waals surface area contributed by atoms with E-state index in [0.29, 0.717) is 24.5 Å². The zero-order valence-corrected chi connectivity index (χ0v) is 13.3. The van der Waals surface area contributed by atoms with Crippen molar-refractivity contribution in [3.05, 3.63) is 59.9 Å². The molecule has 2 aromatic rings. The minimum absolute atomic E-state index is 0.230. The molecule has 0 saturated carbocycles. The number of sulfonamides is 1. The maximum absolute atomic E-state index is 13.1. The van der Waals surface area contributed by atoms with Gasteiger partial charge in [-0.3, -0.25) is 4.98 Å². The van der Waals surface area contributed by atoms with Gasteiger partial charge < -0.3 is 5.32 Å². The van der Waals surface area contributed by atoms with E-state index >= 15 is 0 Å². The van der Waals surface area contributed by atoms with Crippen LogP contribution in [0.25, 0.3) is 0 Å². The lowest BCUT2D eigenvalue weighted by molar-refractivity contribution is 0.271. The third-order valence-corrected chi connectivity index (χ3v) is 6.01. The van der Waals surface area contributed by atoms with E-state index in [1.165, 1.54) is 0 Å². The number of hydrogen-bond acceptors (Lipinski definition) is 4. The minimum atomic E-state index is -3.52. The fourth-order valence-corrected chi connectivity index (χ4v) is 4.64. The van der Waals surface area contributed by atoms with Crippen molar-refractivity contribution >= 4 is 10.0 Å². The van der Waals surface area contributed by atoms with Gasteiger partial charge >= 0.3 is 0 Å². The molecule has 1 aromatic carbocycles. The number of aryl methyl sites for hydroxylation is 1. The molecule has 1 unspecified atom stereocenters. The lowest BCUT2D eigenvalue weighted by Crippen LogP contribution is -2.48. The summed E-state index contributed by atoms with van der Waals surface area (Å²) in [5, 5.41) is 3.27. The van der Waals surface area contributed by atoms with Gasteiger partial charge in [0, 0.05) is 32.0 Å². The molecule has 1 aromatic heterocycles. The monoisotopic (exact) mass is 317 g/mol. The zero-order valence-electron chi connectivity index (χ0n) is 12.4. The Morgan fingerprint density at radius 3 is 2.77 bits per heavy atom. The van der Waals surface area contributed by atoms with E-state index in [4.69, 9.17) is 0 Å². The SMILES string of the molecule is Cc1ccccc1S(=O)(=O)N1CCNCC1c1cccnc1. The average molecular weight is 317 g/mol. The molecule has 1 saturated heterocycles. The molecule has 0 aliphatic carbocycles. The summed E-state index contributed by atoms with van der Waals surface area (Å²) < 4.78 is 27.7. The van der Waals surface area contributed by atoms with Gasteiger partial charge in [-0.25, -0.2) is 8.42 Å². The molecule has 0 amide bonds. The van der Waals surface area contributed by atoms with Gasteiger partial charge in [-0.1, -0.05) is 24.3 Å². The minimum Gasteiger partial charge on any atom is -0.313 e. The summed E-state index contributed by atoms with van der Waals surface area (Å²) in [4.78, 5) is 4.50. The zero-order chi connectivity index (χ0) is 15.6. The standard InChI is InChI=1S/C16H19N3O2S/c1-13-5-2-3-7-16(13)22(20,21)19-10-9-18-12-15(19)14-6-4-8-17-11-14/h2-8,11,15,18H,9-10,12H2,1H3. The van der Waals surface area contributed by atoms with Crippen LogP contribution in [-0.4, -0.2) is 37.3 Å². The fraction of sp³-hybridized carbons (Fsp3) is 0.312. The number of rotatable bonds is 3. The van der Waals surface area contributed by atoms with Crippen molar-refractivity contribution in [2.45, 2.75) is 17.9 Å². The highest BCUT2D eigenvalue weighted by atomic mass is 32.2. The molecule has 1 aliphatic rings. The molecular weight excluding hydrogens is 298 g/mol. The fourth-order valence-electron chi connectivity index (χ4n) is 2.80. The van der Waals surface area contributed by atoms with Gasteiger partial charge in [0.25, 0.3) is 0 Å². The quantitative estimate of drug-likeness (QED) is 0.936. The van der Waals surface area contributed by atoms with Gasteiger partial charge in [0.15, 0.2) is 0 Å². The Hall–Kier alpha value is -1.76. The van der Waals surface area contributed by atoms with E-state index in [-0.39, 0.29) is 6.04 Å². The first-order valence-electron chi connectivity index (χ1n) is 7.29. The lowest BCUT2D eigenvalue weighted by atomic mass is 10.1. The van der Waals surface area contributed by atoms with Crippen LogP contribution in [0.1, 0.15) is 17.2 Å². The molecule has 0 bridgehead atoms. The Bertz CT molecular complexity index is 747. The maximum Gasteiger partial charge on any atom is 0.243 e. The van der Waals surface area contributed by atoms with Crippen LogP contribution in [0, 0.1) is 6.92 Å². The summed E-state index contributed by atoms with van der Waals surface area (Å²) in [6.45, 7) is 3.53. The Labute approximate surface area is 131 Å². The highest BCUT2D eigenvalue weighted by molar-refractivity contribution is 7.89. The van der Waals surface area contributed by atoms with Crippen molar-refractivity contribution in [2.75, 3.05) is 19.6 Å². The van der Waals surface area contributed by atoms with Crippen LogP contribution in [0.5, 0.6) is 0 Å². The van der Waals surface area contributed by atoms with Crippen molar-refractivity contribution in [3.63, 3.8) is 0 Å². The highest BCUT2D eigenvalue weighted by Crippen LogP contribution is 2.29. The van der Waals surface area contributed by atoms with E-state index in [1.54, 1.807) is 28.8 Å². The highest BCUT2D eigenvalue weighted by Gasteiger charge is 2.35. The number of nitrogens with zero attached hydrogens (tertiary/aromatic N) is 2. The average Bonchev–Trinajstić information content (AvgIpc) is 2.56. The van der Waals surface area contributed by atoms with Gasteiger partial charge in [-0.2, -0.15) is 4.31 Å². The summed E-state index contributed by atoms with van der Waals surface area (Å²) in [7, 11) is -3.52. The van der Waals surface area contributed by atoms with Crippen LogP contribution in [-0.2, 0) is 10.0 Å². The number of pyridine rings is 1. The smallest absolute Gasteiger partial charge is 0.243 e. The number of piperazine rings is 1. The number of hydrogen-bond donors (Lipinski definition) is 1. The molecule has 3 rings (SSSR count). The van der Waals surface area contributed by atoms with Gasteiger partial charge in [0.1, 0.15) is 0 Å². The number of aromatic nitrogens is 1. The van der Waals surface area contributed by atoms with Crippen LogP contribution in [0.3, 0.4) is 0 Å². The predicted octanol–water partition coefficient (Wildman–Crippen LogP) is 1.73. The van der Waals surface area contributed by atoms with Crippen molar-refractivity contribution < 1.29 is 8.42 Å². The van der Waals surface area contributed by atoms with E-state index in [1.807, 2.05) is 31.2 Å². The summed E-state index contributed by atoms with van der Waals surface area (Å²) in [6, 6.07) is 10.6. The lowest BCUT2D eigenvalue weighted by Gasteiger charge is -2.35. The van der Waals surface area contributed by atoms with Crippen molar-refractivity contribution in [1.82, 2.24) is 14.6 Å². The second kappa shape index (κ2) is 6.16. The Kier molecular flexibility index (Phi) is 4.24. The predicted molar refractivity (Wildman–Crippen MR) is 84.9 cm³/mol. The van der Waals surface area contributed by atoms with Gasteiger partial charge in [-0.15, -0.1) is 0 Å². The summed E-state index contributed by atoms with van der Waals surface area (Å²) in [6.07, 6.45) is 3.43. The van der Waals surface area contributed by atoms with E-state index in [2.05, 4.69) is 10.3 Å². The van der Waals surface area contributed by atoms with Crippen molar-refractivity contribution in [1.29, 1.82) is 0 Å². The molecule has 22 heavy (non-hydrogen) atoms. The normalized spacial score (nSPS) is 20.0. The molecule has 1 atom stereocenters. The Morgan fingerprint density at radius 1 is 1.23 bits per heavy atom. The summed E-state index contributed by atoms with van der Waals surface area (Å²) >= 11 is 0. The first-order chi connectivity index (χ1) is 10.6. The Balaban J connectivity index is 2.02. The first-order valence-corrected chi connectivity index (χ1v) is 8.73. The molecule has 5 nitrogen and oxygen atoms in total. The van der Waals surface area contributed by atoms with Crippen LogP contribution < -0.4 is 5.32 Å². The van der Waals surface area contributed by atoms with Gasteiger partial charge in [0.05, 0.1) is 10.9 Å².